The number of nitrogens with zero attached hydrogens (tertiary/aromatic N) is 7. The smallest absolute Gasteiger partial charge is 0.224 e. The zero-order valence-electron chi connectivity index (χ0n) is 50.5. The monoisotopic (exact) mass is 1130 g/mol. The van der Waals surface area contributed by atoms with E-state index < -0.39 is 11.6 Å². The van der Waals surface area contributed by atoms with E-state index in [1.807, 2.05) is 81.7 Å². The second-order valence-corrected chi connectivity index (χ2v) is 20.3. The summed E-state index contributed by atoms with van der Waals surface area (Å²) >= 11 is 5.46. The Kier molecular flexibility index (Phi) is 39.6. The molecule has 2 saturated heterocycles. The number of amides is 7. The van der Waals surface area contributed by atoms with E-state index in [0.29, 0.717) is 12.4 Å². The fraction of sp³-hybridized carbons (Fsp3) is 0.557. The largest absolute Gasteiger partial charge is 0.346 e. The third-order valence-electron chi connectivity index (χ3n) is 11.9. The number of unbranched alkanes of at least 4 members (excludes halogenated alkanes) is 1. The van der Waals surface area contributed by atoms with Gasteiger partial charge in [0.2, 0.25) is 41.4 Å². The van der Waals surface area contributed by atoms with Gasteiger partial charge < -0.3 is 34.3 Å². The molecule has 444 valence electrons. The minimum Gasteiger partial charge on any atom is -0.346 e. The average Bonchev–Trinajstić information content (AvgIpc) is 3.92. The SMILES string of the molecule is C=C(C)CN(CC)C(C)=O.CC(=O)N(C)CCCCCl.CC(=O)N(c1ccc(F)cc1)C(C)C.CC(=O)N(c1ccc(F)cc1F)C(C)C.CC(=O)N(c1ccccc1)C(C)C.CC(=O)N1CCCC1.CC(=O)N1CCCCC1. The number of hydrogen-bond donors (Lipinski definition) is 0. The Balaban J connectivity index is 0. The lowest BCUT2D eigenvalue weighted by Gasteiger charge is -2.25. The van der Waals surface area contributed by atoms with Crippen molar-refractivity contribution < 1.29 is 46.7 Å². The summed E-state index contributed by atoms with van der Waals surface area (Å²) in [6.45, 7) is 36.1. The number of halogens is 4. The highest BCUT2D eigenvalue weighted by atomic mass is 35.5. The van der Waals surface area contributed by atoms with Crippen molar-refractivity contribution >= 4 is 70.0 Å². The first-order chi connectivity index (χ1) is 36.9. The molecule has 0 radical (unpaired) electrons. The van der Waals surface area contributed by atoms with Gasteiger partial charge in [-0.2, -0.15) is 0 Å². The number of rotatable bonds is 13. The van der Waals surface area contributed by atoms with Crippen LogP contribution in [0.25, 0.3) is 0 Å². The Labute approximate surface area is 477 Å². The fourth-order valence-corrected chi connectivity index (χ4v) is 8.17. The molecule has 3 aromatic rings. The molecule has 0 bridgehead atoms. The Bertz CT molecular complexity index is 2270. The van der Waals surface area contributed by atoms with Crippen molar-refractivity contribution in [1.29, 1.82) is 0 Å². The van der Waals surface area contributed by atoms with Crippen molar-refractivity contribution in [2.24, 2.45) is 0 Å². The lowest BCUT2D eigenvalue weighted by Crippen LogP contribution is -2.35. The number of alkyl halides is 1. The number of piperidine rings is 1. The molecule has 0 saturated carbocycles. The zero-order chi connectivity index (χ0) is 60.9. The predicted octanol–water partition coefficient (Wildman–Crippen LogP) is 12.3. The highest BCUT2D eigenvalue weighted by Crippen LogP contribution is 2.23. The zero-order valence-corrected chi connectivity index (χ0v) is 51.2. The minimum absolute atomic E-state index is 0.0355. The number of likely N-dealkylation sites (N-methyl/N-ethyl adjacent to an activating group) is 1. The molecule has 0 unspecified atom stereocenters. The molecule has 0 aromatic heterocycles. The molecule has 79 heavy (non-hydrogen) atoms. The highest BCUT2D eigenvalue weighted by Gasteiger charge is 2.20. The third-order valence-corrected chi connectivity index (χ3v) is 12.2. The summed E-state index contributed by atoms with van der Waals surface area (Å²) < 4.78 is 38.7. The van der Waals surface area contributed by atoms with Gasteiger partial charge in [-0.15, -0.1) is 11.6 Å². The Morgan fingerprint density at radius 1 is 0.544 bits per heavy atom. The van der Waals surface area contributed by atoms with Crippen LogP contribution in [-0.2, 0) is 33.6 Å². The maximum atomic E-state index is 13.4. The van der Waals surface area contributed by atoms with Gasteiger partial charge in [0.15, 0.2) is 0 Å². The molecule has 14 nitrogen and oxygen atoms in total. The molecule has 2 heterocycles. The van der Waals surface area contributed by atoms with Crippen LogP contribution < -0.4 is 14.7 Å². The number of benzene rings is 3. The van der Waals surface area contributed by atoms with Gasteiger partial charge in [-0.3, -0.25) is 33.6 Å². The third kappa shape index (κ3) is 33.1. The number of hydrogen-bond acceptors (Lipinski definition) is 7. The average molecular weight is 1130 g/mol. The molecule has 7 amide bonds. The van der Waals surface area contributed by atoms with Crippen LogP contribution in [0.3, 0.4) is 0 Å². The highest BCUT2D eigenvalue weighted by molar-refractivity contribution is 6.17. The van der Waals surface area contributed by atoms with Crippen LogP contribution in [0, 0.1) is 17.5 Å². The van der Waals surface area contributed by atoms with Crippen molar-refractivity contribution in [3.8, 4) is 0 Å². The molecule has 18 heteroatoms. The predicted molar refractivity (Wildman–Crippen MR) is 318 cm³/mol. The Morgan fingerprint density at radius 3 is 1.25 bits per heavy atom. The van der Waals surface area contributed by atoms with Gasteiger partial charge in [0.05, 0.1) is 5.69 Å². The van der Waals surface area contributed by atoms with Crippen LogP contribution in [0.4, 0.5) is 30.2 Å². The molecule has 0 spiro atoms. The van der Waals surface area contributed by atoms with Crippen LogP contribution in [0.2, 0.25) is 0 Å². The van der Waals surface area contributed by atoms with Gasteiger partial charge in [0.1, 0.15) is 17.5 Å². The number of carbonyl (C=O) groups is 7. The van der Waals surface area contributed by atoms with Gasteiger partial charge in [0, 0.05) is 143 Å². The van der Waals surface area contributed by atoms with Gasteiger partial charge in [-0.1, -0.05) is 30.4 Å². The van der Waals surface area contributed by atoms with Crippen molar-refractivity contribution in [3.63, 3.8) is 0 Å². The second-order valence-electron chi connectivity index (χ2n) is 20.0. The molecule has 2 aliphatic rings. The lowest BCUT2D eigenvalue weighted by molar-refractivity contribution is -0.130. The second kappa shape index (κ2) is 41.8. The number of likely N-dealkylation sites (tertiary alicyclic amines) is 2. The quantitative estimate of drug-likeness (QED) is 0.0942. The summed E-state index contributed by atoms with van der Waals surface area (Å²) in [5.41, 5.74) is 2.83. The summed E-state index contributed by atoms with van der Waals surface area (Å²) in [5.74, 6) is -0.504. The molecule has 0 atom stereocenters. The van der Waals surface area contributed by atoms with Gasteiger partial charge in [0.25, 0.3) is 0 Å². The number of carbonyl (C=O) groups excluding carboxylic acids is 7. The maximum absolute atomic E-state index is 13.4. The Morgan fingerprint density at radius 2 is 0.949 bits per heavy atom. The van der Waals surface area contributed by atoms with Crippen molar-refractivity contribution in [2.45, 2.75) is 167 Å². The van der Waals surface area contributed by atoms with E-state index in [1.165, 1.54) is 69.1 Å². The standard InChI is InChI=1S/C11H13F2NO.C11H14FNO.C11H15NO.C8H15NO.C7H14ClNO.C7H13NO.C6H11NO/c1-7(2)14(8(3)15)11-5-4-9(12)6-10(11)13;1-8(2)13(9(3)14)11-6-4-10(12)5-7-11;1-9(2)12(10(3)13)11-7-5-4-6-8-11;1-5-9(8(4)10)6-7(2)3;1-7(10)9(2)6-4-3-5-8;1-7(9)8-5-3-2-4-6-8;1-6(8)7-4-2-3-5-7/h4-7H,1-3H3;4-8H,1-3H3;4-9H,1-3H3;2,5-6H2,1,3-4H3;3-6H2,1-2H3;2-6H2,1H3;2-5H2,1H3. The molecular formula is C61H95ClF3N7O7. The van der Waals surface area contributed by atoms with Crippen LogP contribution >= 0.6 is 11.6 Å². The topological polar surface area (TPSA) is 142 Å². The summed E-state index contributed by atoms with van der Waals surface area (Å²) in [7, 11) is 1.80. The first kappa shape index (κ1) is 74.8. The lowest BCUT2D eigenvalue weighted by atomic mass is 10.1. The molecule has 2 aliphatic heterocycles. The number of para-hydroxylation sites is 1. The van der Waals surface area contributed by atoms with Crippen LogP contribution in [0.15, 0.2) is 84.9 Å². The first-order valence-corrected chi connectivity index (χ1v) is 27.8. The van der Waals surface area contributed by atoms with Crippen LogP contribution in [-0.4, -0.2) is 138 Å². The summed E-state index contributed by atoms with van der Waals surface area (Å²) in [5, 5.41) is 0. The van der Waals surface area contributed by atoms with Crippen molar-refractivity contribution in [3.05, 3.63) is 102 Å². The molecule has 2 fully saturated rings. The van der Waals surface area contributed by atoms with Gasteiger partial charge in [-0.25, -0.2) is 13.2 Å². The molecule has 0 aliphatic carbocycles. The van der Waals surface area contributed by atoms with E-state index in [0.717, 1.165) is 81.2 Å². The molecule has 0 N–H and O–H groups in total. The summed E-state index contributed by atoms with van der Waals surface area (Å²) in [4.78, 5) is 88.6. The first-order valence-electron chi connectivity index (χ1n) is 27.3. The van der Waals surface area contributed by atoms with E-state index in [4.69, 9.17) is 11.6 Å². The maximum Gasteiger partial charge on any atom is 0.224 e. The van der Waals surface area contributed by atoms with Crippen molar-refractivity contribution in [1.82, 2.24) is 19.6 Å². The van der Waals surface area contributed by atoms with Crippen LogP contribution in [0.1, 0.15) is 149 Å². The van der Waals surface area contributed by atoms with E-state index >= 15 is 0 Å². The van der Waals surface area contributed by atoms with Crippen LogP contribution in [0.5, 0.6) is 0 Å². The molecule has 5 rings (SSSR count). The van der Waals surface area contributed by atoms with Gasteiger partial charge in [-0.05, 0) is 149 Å². The number of anilines is 3. The van der Waals surface area contributed by atoms with E-state index in [1.54, 1.807) is 87.2 Å². The van der Waals surface area contributed by atoms with E-state index in [2.05, 4.69) is 6.58 Å². The Hall–Kier alpha value is -6.23. The normalized spacial score (nSPS) is 12.1. The van der Waals surface area contributed by atoms with Crippen molar-refractivity contribution in [2.75, 3.05) is 73.4 Å². The van der Waals surface area contributed by atoms with E-state index in [9.17, 15) is 46.7 Å². The summed E-state index contributed by atoms with van der Waals surface area (Å²) in [6, 6.07) is 18.9. The summed E-state index contributed by atoms with van der Waals surface area (Å²) in [6.07, 6.45) is 8.06. The van der Waals surface area contributed by atoms with Gasteiger partial charge >= 0.3 is 0 Å². The fourth-order valence-electron chi connectivity index (χ4n) is 7.98. The molecule has 3 aromatic carbocycles. The van der Waals surface area contributed by atoms with E-state index in [-0.39, 0.29) is 71.0 Å². The minimum atomic E-state index is -0.723. The molecular weight excluding hydrogens is 1040 g/mol.